The van der Waals surface area contributed by atoms with E-state index in [1.807, 2.05) is 18.2 Å². The number of nitrogens with zero attached hydrogens (tertiary/aromatic N) is 2. The van der Waals surface area contributed by atoms with Crippen LogP contribution in [0, 0.1) is 5.92 Å². The zero-order valence-corrected chi connectivity index (χ0v) is 19.2. The molecule has 2 aliphatic rings. The van der Waals surface area contributed by atoms with E-state index in [2.05, 4.69) is 28.6 Å². The second kappa shape index (κ2) is 11.9. The van der Waals surface area contributed by atoms with E-state index in [1.165, 1.54) is 25.7 Å². The van der Waals surface area contributed by atoms with Gasteiger partial charge in [0.15, 0.2) is 5.96 Å². The highest BCUT2D eigenvalue weighted by molar-refractivity contribution is 5.85. The summed E-state index contributed by atoms with van der Waals surface area (Å²) in [5.74, 6) is 2.21. The molecule has 1 aromatic rings. The topological polar surface area (TPSA) is 75.2 Å². The first kappa shape index (κ1) is 23.4. The Bertz CT molecular complexity index is 731. The number of amides is 1. The van der Waals surface area contributed by atoms with Gasteiger partial charge in [0.05, 0.1) is 18.8 Å². The largest absolute Gasteiger partial charge is 0.493 e. The van der Waals surface area contributed by atoms with Crippen LogP contribution in [-0.2, 0) is 9.53 Å². The van der Waals surface area contributed by atoms with Gasteiger partial charge in [0.2, 0.25) is 5.91 Å². The standard InChI is InChI=1S/C24H38N4O3/c1-4-30-21(18-9-5-6-10-18)13-15-25-24(26-17-23(29)28(2)3)27-20-14-16-31-22-12-8-7-11-19(20)22/h7-8,11-12,18,20-21H,4-6,9-10,13-17H2,1-3H3,(H2,25,26,27). The van der Waals surface area contributed by atoms with Gasteiger partial charge in [-0.3, -0.25) is 4.79 Å². The summed E-state index contributed by atoms with van der Waals surface area (Å²) in [6.07, 6.45) is 7.22. The Hall–Kier alpha value is -2.28. The molecular formula is C24H38N4O3. The molecule has 2 unspecified atom stereocenters. The lowest BCUT2D eigenvalue weighted by Gasteiger charge is -2.29. The molecule has 7 nitrogen and oxygen atoms in total. The normalized spacial score (nSPS) is 20.0. The number of ether oxygens (including phenoxy) is 2. The van der Waals surface area contributed by atoms with E-state index in [9.17, 15) is 4.79 Å². The Balaban J connectivity index is 1.64. The van der Waals surface area contributed by atoms with Gasteiger partial charge in [-0.15, -0.1) is 0 Å². The van der Waals surface area contributed by atoms with Gasteiger partial charge >= 0.3 is 0 Å². The number of carbonyl (C=O) groups excluding carboxylic acids is 1. The first-order valence-electron chi connectivity index (χ1n) is 11.7. The van der Waals surface area contributed by atoms with Gasteiger partial charge in [-0.2, -0.15) is 0 Å². The Labute approximate surface area is 186 Å². The fourth-order valence-corrected chi connectivity index (χ4v) is 4.43. The van der Waals surface area contributed by atoms with Gasteiger partial charge in [0, 0.05) is 39.2 Å². The minimum Gasteiger partial charge on any atom is -0.493 e. The maximum atomic E-state index is 12.1. The molecule has 172 valence electrons. The van der Waals surface area contributed by atoms with Crippen LogP contribution < -0.4 is 15.4 Å². The van der Waals surface area contributed by atoms with Crippen LogP contribution in [0.15, 0.2) is 29.3 Å². The molecule has 7 heteroatoms. The summed E-state index contributed by atoms with van der Waals surface area (Å²) < 4.78 is 11.8. The van der Waals surface area contributed by atoms with Crippen molar-refractivity contribution in [3.05, 3.63) is 29.8 Å². The second-order valence-electron chi connectivity index (χ2n) is 8.58. The van der Waals surface area contributed by atoms with Crippen LogP contribution in [0.1, 0.15) is 57.1 Å². The number of aliphatic imine (C=N–C) groups is 1. The van der Waals surface area contributed by atoms with Gasteiger partial charge in [-0.1, -0.05) is 31.0 Å². The number of rotatable bonds is 9. The third kappa shape index (κ3) is 6.86. The van der Waals surface area contributed by atoms with Crippen molar-refractivity contribution in [1.29, 1.82) is 0 Å². The van der Waals surface area contributed by atoms with Gasteiger partial charge in [-0.25, -0.2) is 4.99 Å². The number of benzene rings is 1. The third-order valence-electron chi connectivity index (χ3n) is 6.17. The number of para-hydroxylation sites is 1. The van der Waals surface area contributed by atoms with E-state index in [0.29, 0.717) is 18.5 Å². The summed E-state index contributed by atoms with van der Waals surface area (Å²) in [7, 11) is 3.50. The van der Waals surface area contributed by atoms with Crippen molar-refractivity contribution in [1.82, 2.24) is 15.5 Å². The maximum Gasteiger partial charge on any atom is 0.243 e. The number of hydrogen-bond donors (Lipinski definition) is 2. The van der Waals surface area contributed by atoms with Crippen LogP contribution in [0.5, 0.6) is 5.75 Å². The molecule has 0 aromatic heterocycles. The Morgan fingerprint density at radius 3 is 2.77 bits per heavy atom. The van der Waals surface area contributed by atoms with Crippen molar-refractivity contribution in [2.24, 2.45) is 10.9 Å². The molecular weight excluding hydrogens is 392 g/mol. The van der Waals surface area contributed by atoms with E-state index in [1.54, 1.807) is 19.0 Å². The van der Waals surface area contributed by atoms with E-state index < -0.39 is 0 Å². The molecule has 1 aromatic carbocycles. The van der Waals surface area contributed by atoms with Crippen LogP contribution in [0.2, 0.25) is 0 Å². The molecule has 1 fully saturated rings. The Morgan fingerprint density at radius 1 is 1.26 bits per heavy atom. The summed E-state index contributed by atoms with van der Waals surface area (Å²) >= 11 is 0. The molecule has 1 amide bonds. The minimum atomic E-state index is -0.0216. The highest BCUT2D eigenvalue weighted by atomic mass is 16.5. The van der Waals surface area contributed by atoms with Gasteiger partial charge < -0.3 is 25.0 Å². The van der Waals surface area contributed by atoms with E-state index in [0.717, 1.165) is 37.3 Å². The number of nitrogens with one attached hydrogen (secondary N) is 2. The van der Waals surface area contributed by atoms with Crippen molar-refractivity contribution < 1.29 is 14.3 Å². The summed E-state index contributed by atoms with van der Waals surface area (Å²) in [4.78, 5) is 18.2. The van der Waals surface area contributed by atoms with E-state index >= 15 is 0 Å². The molecule has 1 aliphatic carbocycles. The van der Waals surface area contributed by atoms with Crippen LogP contribution in [0.3, 0.4) is 0 Å². The zero-order valence-electron chi connectivity index (χ0n) is 19.2. The highest BCUT2D eigenvalue weighted by Crippen LogP contribution is 2.32. The number of likely N-dealkylation sites (N-methyl/N-ethyl adjacent to an activating group) is 1. The van der Waals surface area contributed by atoms with Crippen molar-refractivity contribution in [2.45, 2.75) is 57.6 Å². The van der Waals surface area contributed by atoms with Crippen LogP contribution >= 0.6 is 0 Å². The monoisotopic (exact) mass is 430 g/mol. The molecule has 2 N–H and O–H groups in total. The quantitative estimate of drug-likeness (QED) is 0.465. The molecule has 0 saturated heterocycles. The highest BCUT2D eigenvalue weighted by Gasteiger charge is 2.26. The molecule has 0 bridgehead atoms. The van der Waals surface area contributed by atoms with Gasteiger partial charge in [0.1, 0.15) is 12.3 Å². The molecule has 0 spiro atoms. The predicted molar refractivity (Wildman–Crippen MR) is 123 cm³/mol. The first-order chi connectivity index (χ1) is 15.1. The van der Waals surface area contributed by atoms with Crippen molar-refractivity contribution in [3.63, 3.8) is 0 Å². The minimum absolute atomic E-state index is 0.0216. The fraction of sp³-hybridized carbons (Fsp3) is 0.667. The average molecular weight is 431 g/mol. The van der Waals surface area contributed by atoms with E-state index in [-0.39, 0.29) is 24.6 Å². The number of guanidine groups is 1. The van der Waals surface area contributed by atoms with Crippen molar-refractivity contribution in [2.75, 3.05) is 40.4 Å². The van der Waals surface area contributed by atoms with E-state index in [4.69, 9.17) is 9.47 Å². The van der Waals surface area contributed by atoms with Crippen LogP contribution in [0.4, 0.5) is 0 Å². The van der Waals surface area contributed by atoms with Gasteiger partial charge in [0.25, 0.3) is 0 Å². The summed E-state index contributed by atoms with van der Waals surface area (Å²) in [6.45, 7) is 4.35. The van der Waals surface area contributed by atoms with Crippen LogP contribution in [0.25, 0.3) is 0 Å². The lowest BCUT2D eigenvalue weighted by Crippen LogP contribution is -2.43. The summed E-state index contributed by atoms with van der Waals surface area (Å²) in [6, 6.07) is 8.19. The maximum absolute atomic E-state index is 12.1. The molecule has 31 heavy (non-hydrogen) atoms. The summed E-state index contributed by atoms with van der Waals surface area (Å²) in [5.41, 5.74) is 1.13. The molecule has 1 heterocycles. The van der Waals surface area contributed by atoms with Crippen molar-refractivity contribution in [3.8, 4) is 5.75 Å². The summed E-state index contributed by atoms with van der Waals surface area (Å²) in [5, 5.41) is 6.98. The Kier molecular flexibility index (Phi) is 9.00. The number of carbonyl (C=O) groups is 1. The lowest BCUT2D eigenvalue weighted by molar-refractivity contribution is -0.127. The zero-order chi connectivity index (χ0) is 22.1. The number of fused-ring (bicyclic) bond motifs is 1. The lowest BCUT2D eigenvalue weighted by atomic mass is 9.98. The molecule has 2 atom stereocenters. The molecule has 1 saturated carbocycles. The first-order valence-corrected chi connectivity index (χ1v) is 11.7. The number of hydrogen-bond acceptors (Lipinski definition) is 4. The molecule has 0 radical (unpaired) electrons. The third-order valence-corrected chi connectivity index (χ3v) is 6.17. The molecule has 3 rings (SSSR count). The van der Waals surface area contributed by atoms with Gasteiger partial charge in [-0.05, 0) is 38.2 Å². The smallest absolute Gasteiger partial charge is 0.243 e. The van der Waals surface area contributed by atoms with Crippen molar-refractivity contribution >= 4 is 11.9 Å². The average Bonchev–Trinajstić information content (AvgIpc) is 3.31. The fourth-order valence-electron chi connectivity index (χ4n) is 4.43. The SMILES string of the molecule is CCOC(CCNC(=NCC(=O)N(C)C)NC1CCOc2ccccc21)C1CCCC1. The molecule has 1 aliphatic heterocycles. The van der Waals surface area contributed by atoms with Crippen LogP contribution in [-0.4, -0.2) is 63.3 Å². The predicted octanol–water partition coefficient (Wildman–Crippen LogP) is 3.12. The second-order valence-corrected chi connectivity index (χ2v) is 8.58. The Morgan fingerprint density at radius 2 is 2.03 bits per heavy atom.